The quantitative estimate of drug-likeness (QED) is 0.574. The van der Waals surface area contributed by atoms with Crippen molar-refractivity contribution in [2.45, 2.75) is 52.4 Å². The Labute approximate surface area is 129 Å². The molecule has 0 spiro atoms. The average molecular weight is 337 g/mol. The predicted octanol–water partition coefficient (Wildman–Crippen LogP) is 4.76. The lowest BCUT2D eigenvalue weighted by atomic mass is 9.70. The first-order chi connectivity index (χ1) is 9.28. The molecule has 0 aliphatic heterocycles. The fraction of sp³-hybridized carbons (Fsp3) is 0.588. The van der Waals surface area contributed by atoms with Gasteiger partial charge >= 0.3 is 5.97 Å². The lowest BCUT2D eigenvalue weighted by molar-refractivity contribution is -0.131. The zero-order chi connectivity index (χ0) is 14.7. The Kier molecular flexibility index (Phi) is 3.06. The molecule has 2 fully saturated rings. The second kappa shape index (κ2) is 4.33. The van der Waals surface area contributed by atoms with Crippen LogP contribution in [0.3, 0.4) is 0 Å². The monoisotopic (exact) mass is 336 g/mol. The van der Waals surface area contributed by atoms with Gasteiger partial charge in [-0.05, 0) is 66.2 Å². The normalized spacial score (nSPS) is 34.8. The minimum absolute atomic E-state index is 0.180. The predicted molar refractivity (Wildman–Crippen MR) is 83.0 cm³/mol. The highest BCUT2D eigenvalue weighted by atomic mass is 79.9. The maximum absolute atomic E-state index is 11.3. The molecule has 3 heteroatoms. The van der Waals surface area contributed by atoms with Crippen LogP contribution >= 0.6 is 15.9 Å². The minimum atomic E-state index is -0.256. The van der Waals surface area contributed by atoms with E-state index >= 15 is 0 Å². The first kappa shape index (κ1) is 14.1. The molecule has 0 amide bonds. The highest BCUT2D eigenvalue weighted by Gasteiger charge is 2.65. The molecule has 2 saturated carbocycles. The van der Waals surface area contributed by atoms with Gasteiger partial charge in [0, 0.05) is 11.4 Å². The van der Waals surface area contributed by atoms with E-state index in [2.05, 4.69) is 41.9 Å². The van der Waals surface area contributed by atoms with E-state index in [-0.39, 0.29) is 11.4 Å². The molecule has 3 rings (SSSR count). The molecule has 20 heavy (non-hydrogen) atoms. The zero-order valence-corrected chi connectivity index (χ0v) is 14.1. The number of benzene rings is 1. The summed E-state index contributed by atoms with van der Waals surface area (Å²) in [6.45, 7) is 8.21. The van der Waals surface area contributed by atoms with Crippen molar-refractivity contribution >= 4 is 21.9 Å². The number of hydrogen-bond donors (Lipinski definition) is 0. The fourth-order valence-electron chi connectivity index (χ4n) is 4.08. The van der Waals surface area contributed by atoms with Crippen molar-refractivity contribution in [1.82, 2.24) is 0 Å². The number of carbonyl (C=O) groups is 1. The summed E-state index contributed by atoms with van der Waals surface area (Å²) in [5.41, 5.74) is 2.88. The van der Waals surface area contributed by atoms with Crippen LogP contribution in [-0.4, -0.2) is 5.97 Å². The Bertz CT molecular complexity index is 593. The van der Waals surface area contributed by atoms with E-state index in [1.54, 1.807) is 0 Å². The molecule has 0 saturated heterocycles. The third kappa shape index (κ3) is 1.86. The molecule has 0 N–H and O–H groups in total. The zero-order valence-electron chi connectivity index (χ0n) is 12.5. The third-order valence-corrected chi connectivity index (χ3v) is 6.43. The first-order valence-corrected chi connectivity index (χ1v) is 8.06. The Morgan fingerprint density at radius 1 is 1.40 bits per heavy atom. The van der Waals surface area contributed by atoms with Gasteiger partial charge in [0.05, 0.1) is 0 Å². The number of halogens is 1. The molecule has 0 aromatic heterocycles. The van der Waals surface area contributed by atoms with Crippen molar-refractivity contribution < 1.29 is 9.53 Å². The molecular weight excluding hydrogens is 316 g/mol. The van der Waals surface area contributed by atoms with Crippen LogP contribution in [0, 0.1) is 18.3 Å². The molecule has 1 aromatic carbocycles. The van der Waals surface area contributed by atoms with E-state index in [0.29, 0.717) is 11.2 Å². The Morgan fingerprint density at radius 2 is 2.10 bits per heavy atom. The van der Waals surface area contributed by atoms with E-state index in [9.17, 15) is 4.79 Å². The fourth-order valence-corrected chi connectivity index (χ4v) is 4.98. The lowest BCUT2D eigenvalue weighted by Crippen LogP contribution is -2.29. The molecule has 0 bridgehead atoms. The van der Waals surface area contributed by atoms with E-state index < -0.39 is 0 Å². The van der Waals surface area contributed by atoms with Gasteiger partial charge < -0.3 is 4.74 Å². The van der Waals surface area contributed by atoms with Crippen LogP contribution in [0.5, 0.6) is 5.75 Å². The van der Waals surface area contributed by atoms with Crippen LogP contribution in [0.15, 0.2) is 16.6 Å². The summed E-state index contributed by atoms with van der Waals surface area (Å²) in [4.78, 5) is 11.3. The molecule has 2 nitrogen and oxygen atoms in total. The van der Waals surface area contributed by atoms with Crippen molar-refractivity contribution in [2.75, 3.05) is 0 Å². The standard InChI is InChI=1S/C17H21BrO2/c1-10-7-14(18)13(8-15(10)20-11(2)19)16(3)6-5-12-9-17(12,16)4/h7-8,12H,5-6,9H2,1-4H3. The SMILES string of the molecule is CC(=O)Oc1cc(C2(C)CCC3CC32C)c(Br)cc1C. The highest BCUT2D eigenvalue weighted by molar-refractivity contribution is 9.10. The Hall–Kier alpha value is -0.830. The second-order valence-electron chi connectivity index (χ2n) is 6.88. The number of esters is 1. The van der Waals surface area contributed by atoms with Gasteiger partial charge in [0.2, 0.25) is 0 Å². The van der Waals surface area contributed by atoms with Crippen LogP contribution in [0.25, 0.3) is 0 Å². The summed E-state index contributed by atoms with van der Waals surface area (Å²) in [5, 5.41) is 0. The summed E-state index contributed by atoms with van der Waals surface area (Å²) in [5.74, 6) is 1.32. The molecule has 0 heterocycles. The highest BCUT2D eigenvalue weighted by Crippen LogP contribution is 2.72. The second-order valence-corrected chi connectivity index (χ2v) is 7.73. The third-order valence-electron chi connectivity index (χ3n) is 5.78. The largest absolute Gasteiger partial charge is 0.426 e. The van der Waals surface area contributed by atoms with Gasteiger partial charge in [-0.3, -0.25) is 4.79 Å². The van der Waals surface area contributed by atoms with Crippen LogP contribution in [0.4, 0.5) is 0 Å². The lowest BCUT2D eigenvalue weighted by Gasteiger charge is -2.35. The number of fused-ring (bicyclic) bond motifs is 1. The smallest absolute Gasteiger partial charge is 0.308 e. The van der Waals surface area contributed by atoms with Crippen molar-refractivity contribution in [3.05, 3.63) is 27.7 Å². The van der Waals surface area contributed by atoms with Gasteiger partial charge in [-0.15, -0.1) is 0 Å². The van der Waals surface area contributed by atoms with Crippen LogP contribution in [-0.2, 0) is 10.2 Å². The van der Waals surface area contributed by atoms with Gasteiger partial charge in [-0.1, -0.05) is 29.8 Å². The Morgan fingerprint density at radius 3 is 2.60 bits per heavy atom. The van der Waals surface area contributed by atoms with Gasteiger partial charge in [0.15, 0.2) is 0 Å². The van der Waals surface area contributed by atoms with Crippen molar-refractivity contribution in [3.63, 3.8) is 0 Å². The molecular formula is C17H21BrO2. The molecule has 3 atom stereocenters. The van der Waals surface area contributed by atoms with Crippen LogP contribution in [0.2, 0.25) is 0 Å². The molecule has 1 aromatic rings. The van der Waals surface area contributed by atoms with Crippen molar-refractivity contribution in [1.29, 1.82) is 0 Å². The molecule has 2 aliphatic carbocycles. The molecule has 3 unspecified atom stereocenters. The van der Waals surface area contributed by atoms with Crippen LogP contribution in [0.1, 0.15) is 51.2 Å². The average Bonchev–Trinajstić information content (AvgIpc) is 2.95. The van der Waals surface area contributed by atoms with E-state index in [4.69, 9.17) is 4.74 Å². The van der Waals surface area contributed by atoms with Gasteiger partial charge in [0.25, 0.3) is 0 Å². The summed E-state index contributed by atoms with van der Waals surface area (Å²) in [7, 11) is 0. The molecule has 108 valence electrons. The maximum atomic E-state index is 11.3. The summed E-state index contributed by atoms with van der Waals surface area (Å²) < 4.78 is 6.51. The van der Waals surface area contributed by atoms with Crippen molar-refractivity contribution in [2.24, 2.45) is 11.3 Å². The topological polar surface area (TPSA) is 26.3 Å². The van der Waals surface area contributed by atoms with Gasteiger partial charge in [0.1, 0.15) is 5.75 Å². The van der Waals surface area contributed by atoms with E-state index in [1.165, 1.54) is 31.7 Å². The number of rotatable bonds is 2. The number of ether oxygens (including phenoxy) is 1. The van der Waals surface area contributed by atoms with Crippen LogP contribution < -0.4 is 4.74 Å². The number of carbonyl (C=O) groups excluding carboxylic acids is 1. The van der Waals surface area contributed by atoms with Gasteiger partial charge in [-0.2, -0.15) is 0 Å². The minimum Gasteiger partial charge on any atom is -0.426 e. The summed E-state index contributed by atoms with van der Waals surface area (Å²) >= 11 is 3.72. The van der Waals surface area contributed by atoms with E-state index in [1.807, 2.05) is 6.92 Å². The summed E-state index contributed by atoms with van der Waals surface area (Å²) in [6, 6.07) is 4.16. The summed E-state index contributed by atoms with van der Waals surface area (Å²) in [6.07, 6.45) is 3.86. The number of aryl methyl sites for hydroxylation is 1. The first-order valence-electron chi connectivity index (χ1n) is 7.27. The van der Waals surface area contributed by atoms with Gasteiger partial charge in [-0.25, -0.2) is 0 Å². The Balaban J connectivity index is 2.07. The number of hydrogen-bond acceptors (Lipinski definition) is 2. The van der Waals surface area contributed by atoms with Crippen molar-refractivity contribution in [3.8, 4) is 5.75 Å². The van der Waals surface area contributed by atoms with E-state index in [0.717, 1.165) is 16.0 Å². The molecule has 0 radical (unpaired) electrons. The molecule has 2 aliphatic rings. The maximum Gasteiger partial charge on any atom is 0.308 e.